The molecule has 0 aromatic heterocycles. The first-order chi connectivity index (χ1) is 8.84. The van der Waals surface area contributed by atoms with E-state index >= 15 is 0 Å². The molecule has 0 aliphatic carbocycles. The lowest BCUT2D eigenvalue weighted by Gasteiger charge is -2.26. The first-order valence-corrected chi connectivity index (χ1v) is 6.55. The summed E-state index contributed by atoms with van der Waals surface area (Å²) in [5.74, 6) is 0.113. The molecular formula is C14H18N2O2. The van der Waals surface area contributed by atoms with Crippen LogP contribution >= 0.6 is 0 Å². The number of carbonyl (C=O) groups is 1. The largest absolute Gasteiger partial charge is 0.385 e. The Kier molecular flexibility index (Phi) is 3.19. The van der Waals surface area contributed by atoms with Gasteiger partial charge < -0.3 is 15.4 Å². The highest BCUT2D eigenvalue weighted by atomic mass is 16.5. The Hall–Kier alpha value is -1.55. The molecule has 0 spiro atoms. The van der Waals surface area contributed by atoms with Gasteiger partial charge in [0.2, 0.25) is 5.91 Å². The third kappa shape index (κ3) is 2.20. The fraction of sp³-hybridized carbons (Fsp3) is 0.500. The summed E-state index contributed by atoms with van der Waals surface area (Å²) in [5.41, 5.74) is 2.20. The minimum atomic E-state index is -0.0250. The summed E-state index contributed by atoms with van der Waals surface area (Å²) in [5, 5.41) is 6.43. The monoisotopic (exact) mass is 246 g/mol. The van der Waals surface area contributed by atoms with Crippen molar-refractivity contribution >= 4 is 11.6 Å². The van der Waals surface area contributed by atoms with Gasteiger partial charge in [-0.2, -0.15) is 0 Å². The molecule has 4 heteroatoms. The van der Waals surface area contributed by atoms with Crippen LogP contribution in [-0.4, -0.2) is 31.7 Å². The van der Waals surface area contributed by atoms with Crippen LogP contribution in [0.5, 0.6) is 0 Å². The standard InChI is InChI=1S/C14H18N2O2/c17-14(16-10-6-8-18-9-10)12-5-7-15-13-4-2-1-3-11(12)13/h1-4,10,12,15H,5-9H2,(H,16,17). The van der Waals surface area contributed by atoms with Crippen LogP contribution in [0.25, 0.3) is 0 Å². The van der Waals surface area contributed by atoms with Gasteiger partial charge in [-0.25, -0.2) is 0 Å². The minimum Gasteiger partial charge on any atom is -0.385 e. The van der Waals surface area contributed by atoms with E-state index in [9.17, 15) is 4.79 Å². The van der Waals surface area contributed by atoms with Gasteiger partial charge in [0.05, 0.1) is 18.6 Å². The molecule has 1 amide bonds. The molecule has 0 bridgehead atoms. The molecule has 1 aromatic rings. The van der Waals surface area contributed by atoms with E-state index in [0.29, 0.717) is 6.61 Å². The van der Waals surface area contributed by atoms with Crippen LogP contribution in [0.15, 0.2) is 24.3 Å². The minimum absolute atomic E-state index is 0.0250. The number of rotatable bonds is 2. The van der Waals surface area contributed by atoms with Crippen LogP contribution in [-0.2, 0) is 9.53 Å². The van der Waals surface area contributed by atoms with Crippen LogP contribution in [0.4, 0.5) is 5.69 Å². The zero-order chi connectivity index (χ0) is 12.4. The molecule has 0 radical (unpaired) electrons. The molecule has 2 aliphatic rings. The number of anilines is 1. The van der Waals surface area contributed by atoms with Crippen molar-refractivity contribution in [1.29, 1.82) is 0 Å². The van der Waals surface area contributed by atoms with Gasteiger partial charge in [-0.15, -0.1) is 0 Å². The lowest BCUT2D eigenvalue weighted by molar-refractivity contribution is -0.123. The van der Waals surface area contributed by atoms with Gasteiger partial charge in [0, 0.05) is 18.8 Å². The smallest absolute Gasteiger partial charge is 0.227 e. The predicted molar refractivity (Wildman–Crippen MR) is 69.7 cm³/mol. The number of hydrogen-bond donors (Lipinski definition) is 2. The molecule has 1 saturated heterocycles. The molecule has 2 atom stereocenters. The van der Waals surface area contributed by atoms with E-state index in [2.05, 4.69) is 10.6 Å². The Bertz CT molecular complexity index is 441. The summed E-state index contributed by atoms with van der Waals surface area (Å²) in [6.07, 6.45) is 1.79. The average Bonchev–Trinajstić information content (AvgIpc) is 2.91. The van der Waals surface area contributed by atoms with Gasteiger partial charge in [0.15, 0.2) is 0 Å². The van der Waals surface area contributed by atoms with Crippen molar-refractivity contribution in [2.75, 3.05) is 25.1 Å². The van der Waals surface area contributed by atoms with Gasteiger partial charge >= 0.3 is 0 Å². The van der Waals surface area contributed by atoms with Crippen LogP contribution in [0, 0.1) is 0 Å². The maximum Gasteiger partial charge on any atom is 0.227 e. The Morgan fingerprint density at radius 2 is 2.22 bits per heavy atom. The van der Waals surface area contributed by atoms with E-state index in [-0.39, 0.29) is 17.9 Å². The fourth-order valence-electron chi connectivity index (χ4n) is 2.69. The Labute approximate surface area is 107 Å². The number of nitrogens with one attached hydrogen (secondary N) is 2. The van der Waals surface area contributed by atoms with E-state index in [4.69, 9.17) is 4.74 Å². The third-order valence-electron chi connectivity index (χ3n) is 3.68. The van der Waals surface area contributed by atoms with Crippen LogP contribution in [0.2, 0.25) is 0 Å². The molecule has 2 heterocycles. The molecule has 2 aliphatic heterocycles. The Morgan fingerprint density at radius 1 is 1.33 bits per heavy atom. The second-order valence-corrected chi connectivity index (χ2v) is 4.92. The quantitative estimate of drug-likeness (QED) is 0.831. The highest BCUT2D eigenvalue weighted by Crippen LogP contribution is 2.31. The van der Waals surface area contributed by atoms with Crippen molar-refractivity contribution < 1.29 is 9.53 Å². The SMILES string of the molecule is O=C(NC1CCOC1)C1CCNc2ccccc21. The molecule has 96 valence electrons. The van der Waals surface area contributed by atoms with Crippen LogP contribution < -0.4 is 10.6 Å². The number of amides is 1. The van der Waals surface area contributed by atoms with Gasteiger partial charge in [-0.05, 0) is 24.5 Å². The van der Waals surface area contributed by atoms with E-state index < -0.39 is 0 Å². The predicted octanol–water partition coefficient (Wildman–Crippen LogP) is 1.49. The maximum absolute atomic E-state index is 12.3. The van der Waals surface area contributed by atoms with Crippen molar-refractivity contribution in [1.82, 2.24) is 5.32 Å². The summed E-state index contributed by atoms with van der Waals surface area (Å²) < 4.78 is 5.29. The molecular weight excluding hydrogens is 228 g/mol. The molecule has 2 unspecified atom stereocenters. The summed E-state index contributed by atoms with van der Waals surface area (Å²) in [7, 11) is 0. The van der Waals surface area contributed by atoms with E-state index in [1.165, 1.54) is 0 Å². The summed E-state index contributed by atoms with van der Waals surface area (Å²) in [6.45, 7) is 2.27. The highest BCUT2D eigenvalue weighted by molar-refractivity contribution is 5.86. The summed E-state index contributed by atoms with van der Waals surface area (Å²) >= 11 is 0. The first-order valence-electron chi connectivity index (χ1n) is 6.55. The second-order valence-electron chi connectivity index (χ2n) is 4.92. The third-order valence-corrected chi connectivity index (χ3v) is 3.68. The van der Waals surface area contributed by atoms with Crippen molar-refractivity contribution in [3.63, 3.8) is 0 Å². The fourth-order valence-corrected chi connectivity index (χ4v) is 2.69. The molecule has 4 nitrogen and oxygen atoms in total. The van der Waals surface area contributed by atoms with Crippen LogP contribution in [0.3, 0.4) is 0 Å². The van der Waals surface area contributed by atoms with Gasteiger partial charge in [-0.3, -0.25) is 4.79 Å². The Balaban J connectivity index is 1.74. The molecule has 1 aromatic carbocycles. The van der Waals surface area contributed by atoms with E-state index in [1.807, 2.05) is 24.3 Å². The second kappa shape index (κ2) is 4.98. The highest BCUT2D eigenvalue weighted by Gasteiger charge is 2.28. The van der Waals surface area contributed by atoms with Crippen LogP contribution in [0.1, 0.15) is 24.3 Å². The first kappa shape index (κ1) is 11.5. The molecule has 1 fully saturated rings. The van der Waals surface area contributed by atoms with Crippen molar-refractivity contribution in [2.45, 2.75) is 24.8 Å². The molecule has 2 N–H and O–H groups in total. The van der Waals surface area contributed by atoms with Gasteiger partial charge in [0.25, 0.3) is 0 Å². The molecule has 3 rings (SSSR count). The summed E-state index contributed by atoms with van der Waals surface area (Å²) in [4.78, 5) is 12.3. The Morgan fingerprint density at radius 3 is 3.06 bits per heavy atom. The number of carbonyl (C=O) groups excluding carboxylic acids is 1. The zero-order valence-electron chi connectivity index (χ0n) is 10.3. The molecule has 0 saturated carbocycles. The zero-order valence-corrected chi connectivity index (χ0v) is 10.3. The van der Waals surface area contributed by atoms with E-state index in [0.717, 1.165) is 37.2 Å². The maximum atomic E-state index is 12.3. The van der Waals surface area contributed by atoms with Crippen molar-refractivity contribution in [3.05, 3.63) is 29.8 Å². The number of benzene rings is 1. The number of fused-ring (bicyclic) bond motifs is 1. The lowest BCUT2D eigenvalue weighted by Crippen LogP contribution is -2.40. The number of ether oxygens (including phenoxy) is 1. The van der Waals surface area contributed by atoms with Gasteiger partial charge in [-0.1, -0.05) is 18.2 Å². The normalized spacial score (nSPS) is 26.2. The number of hydrogen-bond acceptors (Lipinski definition) is 3. The number of para-hydroxylation sites is 1. The van der Waals surface area contributed by atoms with E-state index in [1.54, 1.807) is 0 Å². The lowest BCUT2D eigenvalue weighted by atomic mass is 9.90. The average molecular weight is 246 g/mol. The molecule has 18 heavy (non-hydrogen) atoms. The van der Waals surface area contributed by atoms with Crippen molar-refractivity contribution in [2.24, 2.45) is 0 Å². The van der Waals surface area contributed by atoms with Crippen molar-refractivity contribution in [3.8, 4) is 0 Å². The summed E-state index contributed by atoms with van der Waals surface area (Å²) in [6, 6.07) is 8.26. The topological polar surface area (TPSA) is 50.4 Å². The van der Waals surface area contributed by atoms with Gasteiger partial charge in [0.1, 0.15) is 0 Å².